The van der Waals surface area contributed by atoms with E-state index in [0.29, 0.717) is 6.04 Å². The van der Waals surface area contributed by atoms with Crippen molar-refractivity contribution in [2.75, 3.05) is 32.4 Å². The van der Waals surface area contributed by atoms with Crippen LogP contribution in [0.3, 0.4) is 0 Å². The SMILES string of the molecule is CCNC(=NCC(=O)N1CCCC1)NC1CCC(SC)C1.I. The monoisotopic (exact) mass is 440 g/mol. The van der Waals surface area contributed by atoms with Gasteiger partial charge in [-0.2, -0.15) is 11.8 Å². The quantitative estimate of drug-likeness (QED) is 0.391. The van der Waals surface area contributed by atoms with Crippen molar-refractivity contribution in [2.24, 2.45) is 4.99 Å². The topological polar surface area (TPSA) is 56.7 Å². The Morgan fingerprint density at radius 1 is 1.32 bits per heavy atom. The first-order valence-corrected chi connectivity index (χ1v) is 9.37. The van der Waals surface area contributed by atoms with Crippen molar-refractivity contribution in [3.63, 3.8) is 0 Å². The molecule has 128 valence electrons. The van der Waals surface area contributed by atoms with Gasteiger partial charge in [-0.05, 0) is 45.3 Å². The summed E-state index contributed by atoms with van der Waals surface area (Å²) < 4.78 is 0. The summed E-state index contributed by atoms with van der Waals surface area (Å²) in [4.78, 5) is 18.4. The molecule has 1 heterocycles. The Bertz CT molecular complexity index is 375. The molecule has 0 spiro atoms. The highest BCUT2D eigenvalue weighted by atomic mass is 127. The number of nitrogens with one attached hydrogen (secondary N) is 2. The highest BCUT2D eigenvalue weighted by Crippen LogP contribution is 2.27. The van der Waals surface area contributed by atoms with E-state index in [-0.39, 0.29) is 36.4 Å². The van der Waals surface area contributed by atoms with Gasteiger partial charge < -0.3 is 15.5 Å². The van der Waals surface area contributed by atoms with Gasteiger partial charge in [0.15, 0.2) is 5.96 Å². The number of thioether (sulfide) groups is 1. The lowest BCUT2D eigenvalue weighted by Crippen LogP contribution is -2.43. The third-order valence-corrected chi connectivity index (χ3v) is 5.33. The van der Waals surface area contributed by atoms with Crippen molar-refractivity contribution >= 4 is 47.6 Å². The molecule has 0 aromatic heterocycles. The Hall–Kier alpha value is -0.180. The van der Waals surface area contributed by atoms with Crippen molar-refractivity contribution < 1.29 is 4.79 Å². The molecule has 1 saturated heterocycles. The predicted octanol–water partition coefficient (Wildman–Crippen LogP) is 2.07. The second-order valence-electron chi connectivity index (χ2n) is 5.80. The Morgan fingerprint density at radius 2 is 2.05 bits per heavy atom. The molecule has 22 heavy (non-hydrogen) atoms. The van der Waals surface area contributed by atoms with Crippen LogP contribution in [-0.4, -0.2) is 60.5 Å². The van der Waals surface area contributed by atoms with Crippen LogP contribution in [-0.2, 0) is 4.79 Å². The first kappa shape index (κ1) is 19.9. The standard InChI is InChI=1S/C15H28N4OS.HI/c1-3-16-15(18-12-6-7-13(10-12)21-2)17-11-14(20)19-8-4-5-9-19;/h12-13H,3-11H2,1-2H3,(H2,16,17,18);1H. The number of carbonyl (C=O) groups is 1. The molecular formula is C15H29IN4OS. The van der Waals surface area contributed by atoms with Crippen LogP contribution >= 0.6 is 35.7 Å². The summed E-state index contributed by atoms with van der Waals surface area (Å²) >= 11 is 1.95. The van der Waals surface area contributed by atoms with Gasteiger partial charge in [0.05, 0.1) is 0 Å². The fraction of sp³-hybridized carbons (Fsp3) is 0.867. The molecule has 2 N–H and O–H groups in total. The van der Waals surface area contributed by atoms with Crippen LogP contribution in [0.5, 0.6) is 0 Å². The van der Waals surface area contributed by atoms with Crippen LogP contribution in [0.1, 0.15) is 39.0 Å². The Morgan fingerprint density at radius 3 is 2.64 bits per heavy atom. The zero-order valence-electron chi connectivity index (χ0n) is 13.6. The fourth-order valence-electron chi connectivity index (χ4n) is 3.01. The Kier molecular flexibility index (Phi) is 9.54. The largest absolute Gasteiger partial charge is 0.357 e. The maximum Gasteiger partial charge on any atom is 0.244 e. The lowest BCUT2D eigenvalue weighted by Gasteiger charge is -2.18. The van der Waals surface area contributed by atoms with Gasteiger partial charge in [-0.1, -0.05) is 0 Å². The zero-order chi connectivity index (χ0) is 15.1. The van der Waals surface area contributed by atoms with Crippen LogP contribution in [0.25, 0.3) is 0 Å². The van der Waals surface area contributed by atoms with Crippen molar-refractivity contribution in [1.29, 1.82) is 0 Å². The number of halogens is 1. The number of hydrogen-bond acceptors (Lipinski definition) is 3. The minimum atomic E-state index is 0. The molecule has 2 rings (SSSR count). The van der Waals surface area contributed by atoms with Gasteiger partial charge >= 0.3 is 0 Å². The second-order valence-corrected chi connectivity index (χ2v) is 6.93. The third-order valence-electron chi connectivity index (χ3n) is 4.23. The van der Waals surface area contributed by atoms with E-state index in [1.807, 2.05) is 16.7 Å². The van der Waals surface area contributed by atoms with E-state index >= 15 is 0 Å². The fourth-order valence-corrected chi connectivity index (χ4v) is 3.81. The first-order chi connectivity index (χ1) is 10.2. The summed E-state index contributed by atoms with van der Waals surface area (Å²) in [6.07, 6.45) is 8.09. The van der Waals surface area contributed by atoms with E-state index in [1.165, 1.54) is 19.3 Å². The van der Waals surface area contributed by atoms with Crippen molar-refractivity contribution in [3.8, 4) is 0 Å². The third kappa shape index (κ3) is 6.14. The molecule has 1 aliphatic heterocycles. The molecule has 0 bridgehead atoms. The van der Waals surface area contributed by atoms with Crippen LogP contribution < -0.4 is 10.6 Å². The lowest BCUT2D eigenvalue weighted by molar-refractivity contribution is -0.128. The van der Waals surface area contributed by atoms with E-state index in [4.69, 9.17) is 0 Å². The summed E-state index contributed by atoms with van der Waals surface area (Å²) in [5.41, 5.74) is 0. The number of nitrogens with zero attached hydrogens (tertiary/aromatic N) is 2. The maximum absolute atomic E-state index is 12.0. The highest BCUT2D eigenvalue weighted by Gasteiger charge is 2.24. The molecule has 2 unspecified atom stereocenters. The second kappa shape index (κ2) is 10.6. The number of aliphatic imine (C=N–C) groups is 1. The number of carbonyl (C=O) groups excluding carboxylic acids is 1. The average molecular weight is 440 g/mol. The first-order valence-electron chi connectivity index (χ1n) is 8.08. The zero-order valence-corrected chi connectivity index (χ0v) is 16.8. The molecular weight excluding hydrogens is 411 g/mol. The number of guanidine groups is 1. The molecule has 5 nitrogen and oxygen atoms in total. The predicted molar refractivity (Wildman–Crippen MR) is 105 cm³/mol. The van der Waals surface area contributed by atoms with E-state index in [0.717, 1.165) is 43.7 Å². The van der Waals surface area contributed by atoms with Gasteiger partial charge in [0.2, 0.25) is 5.91 Å². The molecule has 0 aromatic carbocycles. The molecule has 0 aromatic rings. The van der Waals surface area contributed by atoms with E-state index in [2.05, 4.69) is 28.8 Å². The van der Waals surface area contributed by atoms with Crippen molar-refractivity contribution in [3.05, 3.63) is 0 Å². The summed E-state index contributed by atoms with van der Waals surface area (Å²) in [6, 6.07) is 0.488. The number of amides is 1. The van der Waals surface area contributed by atoms with Gasteiger partial charge in [-0.15, -0.1) is 24.0 Å². The molecule has 1 aliphatic carbocycles. The Labute approximate surface area is 155 Å². The molecule has 2 atom stereocenters. The van der Waals surface area contributed by atoms with Crippen molar-refractivity contribution in [2.45, 2.75) is 50.3 Å². The van der Waals surface area contributed by atoms with E-state index in [9.17, 15) is 4.79 Å². The summed E-state index contributed by atoms with van der Waals surface area (Å²) in [5.74, 6) is 0.940. The molecule has 0 radical (unpaired) electrons. The van der Waals surface area contributed by atoms with Gasteiger partial charge in [0.1, 0.15) is 6.54 Å². The van der Waals surface area contributed by atoms with E-state index < -0.39 is 0 Å². The molecule has 2 aliphatic rings. The van der Waals surface area contributed by atoms with Crippen LogP contribution in [0.2, 0.25) is 0 Å². The van der Waals surface area contributed by atoms with Crippen LogP contribution in [0.15, 0.2) is 4.99 Å². The van der Waals surface area contributed by atoms with Gasteiger partial charge in [-0.25, -0.2) is 4.99 Å². The van der Waals surface area contributed by atoms with E-state index in [1.54, 1.807) is 0 Å². The van der Waals surface area contributed by atoms with Gasteiger partial charge in [0, 0.05) is 30.9 Å². The molecule has 2 fully saturated rings. The molecule has 7 heteroatoms. The summed E-state index contributed by atoms with van der Waals surface area (Å²) in [6.45, 7) is 4.93. The molecule has 1 saturated carbocycles. The highest BCUT2D eigenvalue weighted by molar-refractivity contribution is 14.0. The van der Waals surface area contributed by atoms with Crippen LogP contribution in [0, 0.1) is 0 Å². The lowest BCUT2D eigenvalue weighted by atomic mass is 10.2. The minimum absolute atomic E-state index is 0. The molecule has 1 amide bonds. The number of likely N-dealkylation sites (tertiary alicyclic amines) is 1. The normalized spacial score (nSPS) is 25.0. The Balaban J connectivity index is 0.00000242. The number of rotatable bonds is 5. The maximum atomic E-state index is 12.0. The average Bonchev–Trinajstić information content (AvgIpc) is 3.16. The summed E-state index contributed by atoms with van der Waals surface area (Å²) in [5, 5.41) is 7.49. The minimum Gasteiger partial charge on any atom is -0.357 e. The van der Waals surface area contributed by atoms with Gasteiger partial charge in [-0.3, -0.25) is 4.79 Å². The smallest absolute Gasteiger partial charge is 0.244 e. The van der Waals surface area contributed by atoms with Crippen molar-refractivity contribution in [1.82, 2.24) is 15.5 Å². The van der Waals surface area contributed by atoms with Crippen LogP contribution in [0.4, 0.5) is 0 Å². The summed E-state index contributed by atoms with van der Waals surface area (Å²) in [7, 11) is 0. The number of hydrogen-bond donors (Lipinski definition) is 2. The van der Waals surface area contributed by atoms with Gasteiger partial charge in [0.25, 0.3) is 0 Å².